The van der Waals surface area contributed by atoms with E-state index in [1.807, 2.05) is 0 Å². The van der Waals surface area contributed by atoms with Crippen molar-refractivity contribution in [2.75, 3.05) is 5.32 Å². The van der Waals surface area contributed by atoms with Crippen molar-refractivity contribution in [3.63, 3.8) is 0 Å². The Balaban J connectivity index is 1.54. The number of aryl methyl sites for hydroxylation is 1. The molecule has 0 aliphatic carbocycles. The van der Waals surface area contributed by atoms with Crippen LogP contribution in [0.15, 0.2) is 47.0 Å². The number of halogens is 4. The van der Waals surface area contributed by atoms with Gasteiger partial charge in [0.2, 0.25) is 0 Å². The van der Waals surface area contributed by atoms with Crippen molar-refractivity contribution < 1.29 is 36.3 Å². The van der Waals surface area contributed by atoms with Crippen molar-refractivity contribution >= 4 is 17.6 Å². The summed E-state index contributed by atoms with van der Waals surface area (Å²) in [5.74, 6) is -4.99. The molecule has 0 radical (unpaired) electrons. The van der Waals surface area contributed by atoms with Crippen molar-refractivity contribution in [3.8, 4) is 11.3 Å². The van der Waals surface area contributed by atoms with E-state index in [0.29, 0.717) is 0 Å². The van der Waals surface area contributed by atoms with E-state index in [1.54, 1.807) is 0 Å². The van der Waals surface area contributed by atoms with Crippen LogP contribution >= 0.6 is 0 Å². The van der Waals surface area contributed by atoms with Crippen LogP contribution in [0.25, 0.3) is 11.3 Å². The number of carbonyl (C=O) groups excluding carboxylic acids is 2. The number of oxazole rings is 1. The van der Waals surface area contributed by atoms with Crippen LogP contribution in [-0.4, -0.2) is 23.0 Å². The highest BCUT2D eigenvalue weighted by molar-refractivity contribution is 5.95. The topological polar surface area (TPSA) is 81.4 Å². The molecule has 6 nitrogen and oxygen atoms in total. The standard InChI is InChI=1S/C21H16F4N2O4/c1-11(21(29)27-16-9-12(22)5-6-13(16)23)30-19(28)8-7-18-26-10-17(31-18)20-14(24)3-2-4-15(20)25/h2-6,9-11H,7-8H2,1H3,(H,27,29)/t11-/m0/s1. The molecule has 1 N–H and O–H groups in total. The first kappa shape index (κ1) is 22.0. The van der Waals surface area contributed by atoms with Gasteiger partial charge >= 0.3 is 5.97 Å². The minimum Gasteiger partial charge on any atom is -0.453 e. The molecular formula is C21H16F4N2O4. The number of rotatable bonds is 7. The minimum atomic E-state index is -1.29. The largest absolute Gasteiger partial charge is 0.453 e. The predicted octanol–water partition coefficient (Wildman–Crippen LogP) is 4.40. The number of benzene rings is 2. The van der Waals surface area contributed by atoms with Crippen LogP contribution in [-0.2, 0) is 20.7 Å². The molecule has 1 heterocycles. The number of amides is 1. The molecule has 0 aliphatic rings. The van der Waals surface area contributed by atoms with E-state index in [4.69, 9.17) is 9.15 Å². The summed E-state index contributed by atoms with van der Waals surface area (Å²) in [7, 11) is 0. The van der Waals surface area contributed by atoms with Gasteiger partial charge in [-0.15, -0.1) is 0 Å². The van der Waals surface area contributed by atoms with Gasteiger partial charge in [0.05, 0.1) is 23.9 Å². The highest BCUT2D eigenvalue weighted by Gasteiger charge is 2.21. The lowest BCUT2D eigenvalue weighted by Crippen LogP contribution is -2.30. The Morgan fingerprint density at radius 1 is 1.10 bits per heavy atom. The van der Waals surface area contributed by atoms with Crippen LogP contribution in [0.2, 0.25) is 0 Å². The first-order valence-corrected chi connectivity index (χ1v) is 9.09. The molecule has 0 aliphatic heterocycles. The van der Waals surface area contributed by atoms with Gasteiger partial charge in [0, 0.05) is 12.5 Å². The first-order valence-electron chi connectivity index (χ1n) is 9.09. The molecule has 1 aromatic heterocycles. The number of anilines is 1. The number of nitrogens with zero attached hydrogens (tertiary/aromatic N) is 1. The summed E-state index contributed by atoms with van der Waals surface area (Å²) in [6.07, 6.45) is -0.457. The summed E-state index contributed by atoms with van der Waals surface area (Å²) in [5, 5.41) is 2.13. The molecule has 162 valence electrons. The SMILES string of the molecule is C[C@H](OC(=O)CCc1ncc(-c2c(F)cccc2F)o1)C(=O)Nc1cc(F)ccc1F. The number of hydrogen-bond acceptors (Lipinski definition) is 5. The van der Waals surface area contributed by atoms with Crippen molar-refractivity contribution in [1.82, 2.24) is 4.98 Å². The molecule has 0 spiro atoms. The molecule has 1 atom stereocenters. The van der Waals surface area contributed by atoms with Crippen LogP contribution in [0.5, 0.6) is 0 Å². The third-order valence-electron chi connectivity index (χ3n) is 4.17. The van der Waals surface area contributed by atoms with Crippen molar-refractivity contribution in [2.24, 2.45) is 0 Å². The van der Waals surface area contributed by atoms with Crippen molar-refractivity contribution in [3.05, 3.63) is 71.8 Å². The van der Waals surface area contributed by atoms with Gasteiger partial charge in [-0.25, -0.2) is 22.5 Å². The zero-order valence-corrected chi connectivity index (χ0v) is 16.1. The number of aromatic nitrogens is 1. The number of carbonyl (C=O) groups is 2. The second-order valence-corrected chi connectivity index (χ2v) is 6.46. The number of hydrogen-bond donors (Lipinski definition) is 1. The van der Waals surface area contributed by atoms with Gasteiger partial charge in [-0.2, -0.15) is 0 Å². The minimum absolute atomic E-state index is 0.0357. The van der Waals surface area contributed by atoms with Gasteiger partial charge in [-0.3, -0.25) is 9.59 Å². The normalized spacial score (nSPS) is 11.8. The summed E-state index contributed by atoms with van der Waals surface area (Å²) in [4.78, 5) is 27.9. The lowest BCUT2D eigenvalue weighted by Gasteiger charge is -2.13. The molecule has 3 aromatic rings. The van der Waals surface area contributed by atoms with E-state index in [1.165, 1.54) is 13.0 Å². The smallest absolute Gasteiger partial charge is 0.307 e. The maximum Gasteiger partial charge on any atom is 0.307 e. The highest BCUT2D eigenvalue weighted by atomic mass is 19.1. The summed E-state index contributed by atoms with van der Waals surface area (Å²) >= 11 is 0. The second-order valence-electron chi connectivity index (χ2n) is 6.46. The van der Waals surface area contributed by atoms with Crippen molar-refractivity contribution in [1.29, 1.82) is 0 Å². The van der Waals surface area contributed by atoms with E-state index >= 15 is 0 Å². The van der Waals surface area contributed by atoms with Gasteiger partial charge in [0.1, 0.15) is 23.3 Å². The number of nitrogens with one attached hydrogen (secondary N) is 1. The average Bonchev–Trinajstić information content (AvgIpc) is 3.17. The Labute approximate surface area is 173 Å². The fourth-order valence-corrected chi connectivity index (χ4v) is 2.62. The molecule has 0 bridgehead atoms. The first-order chi connectivity index (χ1) is 14.7. The van der Waals surface area contributed by atoms with Gasteiger partial charge in [0.15, 0.2) is 17.8 Å². The molecular weight excluding hydrogens is 420 g/mol. The molecule has 3 rings (SSSR count). The van der Waals surface area contributed by atoms with E-state index in [9.17, 15) is 27.2 Å². The lowest BCUT2D eigenvalue weighted by atomic mass is 10.1. The highest BCUT2D eigenvalue weighted by Crippen LogP contribution is 2.26. The van der Waals surface area contributed by atoms with Crippen LogP contribution < -0.4 is 5.32 Å². The average molecular weight is 436 g/mol. The Hall–Kier alpha value is -3.69. The Morgan fingerprint density at radius 3 is 2.52 bits per heavy atom. The zero-order valence-electron chi connectivity index (χ0n) is 16.1. The third-order valence-corrected chi connectivity index (χ3v) is 4.17. The summed E-state index contributed by atoms with van der Waals surface area (Å²) in [6, 6.07) is 5.88. The third kappa shape index (κ3) is 5.47. The molecule has 2 aromatic carbocycles. The van der Waals surface area contributed by atoms with Gasteiger partial charge in [-0.1, -0.05) is 6.07 Å². The monoisotopic (exact) mass is 436 g/mol. The maximum absolute atomic E-state index is 13.8. The van der Waals surface area contributed by atoms with Crippen LogP contribution in [0.3, 0.4) is 0 Å². The molecule has 0 saturated heterocycles. The summed E-state index contributed by atoms with van der Waals surface area (Å²) in [5.41, 5.74) is -0.765. The molecule has 10 heteroatoms. The summed E-state index contributed by atoms with van der Waals surface area (Å²) < 4.78 is 64.6. The van der Waals surface area contributed by atoms with Crippen LogP contribution in [0.4, 0.5) is 23.2 Å². The number of esters is 1. The van der Waals surface area contributed by atoms with E-state index in [2.05, 4.69) is 10.3 Å². The lowest BCUT2D eigenvalue weighted by molar-refractivity contribution is -0.153. The maximum atomic E-state index is 13.8. The fourth-order valence-electron chi connectivity index (χ4n) is 2.62. The predicted molar refractivity (Wildman–Crippen MR) is 101 cm³/mol. The fraction of sp³-hybridized carbons (Fsp3) is 0.190. The zero-order chi connectivity index (χ0) is 22.5. The van der Waals surface area contributed by atoms with E-state index in [0.717, 1.165) is 36.5 Å². The second kappa shape index (κ2) is 9.41. The molecule has 31 heavy (non-hydrogen) atoms. The van der Waals surface area contributed by atoms with E-state index < -0.39 is 41.2 Å². The van der Waals surface area contributed by atoms with Gasteiger partial charge < -0.3 is 14.5 Å². The van der Waals surface area contributed by atoms with E-state index in [-0.39, 0.29) is 35.7 Å². The molecule has 1 amide bonds. The Kier molecular flexibility index (Phi) is 6.68. The summed E-state index contributed by atoms with van der Waals surface area (Å²) in [6.45, 7) is 1.26. The van der Waals surface area contributed by atoms with Gasteiger partial charge in [-0.05, 0) is 31.2 Å². The Morgan fingerprint density at radius 2 is 1.81 bits per heavy atom. The van der Waals surface area contributed by atoms with Crippen molar-refractivity contribution in [2.45, 2.75) is 25.9 Å². The molecule has 0 fully saturated rings. The Bertz CT molecular complexity index is 1100. The van der Waals surface area contributed by atoms with Crippen LogP contribution in [0.1, 0.15) is 19.2 Å². The van der Waals surface area contributed by atoms with Crippen LogP contribution in [0, 0.1) is 23.3 Å². The quantitative estimate of drug-likeness (QED) is 0.439. The van der Waals surface area contributed by atoms with Gasteiger partial charge in [0.25, 0.3) is 5.91 Å². The molecule has 0 saturated carbocycles. The molecule has 0 unspecified atom stereocenters. The number of ether oxygens (including phenoxy) is 1.